The first-order chi connectivity index (χ1) is 7.70. The fourth-order valence-electron chi connectivity index (χ4n) is 1.62. The lowest BCUT2D eigenvalue weighted by atomic mass is 10.2. The summed E-state index contributed by atoms with van der Waals surface area (Å²) in [5.74, 6) is 1.25. The van der Waals surface area contributed by atoms with Crippen LogP contribution < -0.4 is 5.32 Å². The quantitative estimate of drug-likeness (QED) is 0.791. The van der Waals surface area contributed by atoms with E-state index in [4.69, 9.17) is 4.42 Å². The number of nitrogens with one attached hydrogen (secondary N) is 1. The van der Waals surface area contributed by atoms with Gasteiger partial charge in [0.2, 0.25) is 0 Å². The smallest absolute Gasteiger partial charge is 0.287 e. The Morgan fingerprint density at radius 2 is 2.38 bits per heavy atom. The number of aliphatic hydroxyl groups is 1. The first-order valence-electron chi connectivity index (χ1n) is 5.75. The summed E-state index contributed by atoms with van der Waals surface area (Å²) in [7, 11) is 0. The minimum absolute atomic E-state index is 0.251. The van der Waals surface area contributed by atoms with Gasteiger partial charge < -0.3 is 14.8 Å². The number of aliphatic hydroxyl groups excluding tert-OH is 1. The van der Waals surface area contributed by atoms with Gasteiger partial charge in [-0.2, -0.15) is 0 Å². The van der Waals surface area contributed by atoms with Crippen molar-refractivity contribution in [2.75, 3.05) is 6.54 Å². The molecule has 1 aliphatic carbocycles. The van der Waals surface area contributed by atoms with Crippen LogP contribution in [0.15, 0.2) is 16.5 Å². The lowest BCUT2D eigenvalue weighted by Gasteiger charge is -2.09. The molecule has 4 nitrogen and oxygen atoms in total. The third-order valence-electron chi connectivity index (χ3n) is 2.87. The zero-order valence-corrected chi connectivity index (χ0v) is 9.40. The Morgan fingerprint density at radius 3 is 2.94 bits per heavy atom. The second-order valence-corrected chi connectivity index (χ2v) is 4.23. The van der Waals surface area contributed by atoms with Crippen LogP contribution >= 0.6 is 0 Å². The van der Waals surface area contributed by atoms with Gasteiger partial charge in [-0.05, 0) is 30.9 Å². The molecule has 4 heteroatoms. The third kappa shape index (κ3) is 2.64. The summed E-state index contributed by atoms with van der Waals surface area (Å²) in [5.41, 5.74) is 0. The topological polar surface area (TPSA) is 62.5 Å². The van der Waals surface area contributed by atoms with Crippen LogP contribution in [-0.2, 0) is 6.42 Å². The highest BCUT2D eigenvalue weighted by Crippen LogP contribution is 2.32. The second-order valence-electron chi connectivity index (χ2n) is 4.23. The van der Waals surface area contributed by atoms with E-state index < -0.39 is 6.10 Å². The molecule has 1 saturated carbocycles. The molecule has 1 amide bonds. The average Bonchev–Trinajstić information content (AvgIpc) is 3.03. The zero-order chi connectivity index (χ0) is 11.5. The molecule has 0 spiro atoms. The molecule has 1 fully saturated rings. The highest BCUT2D eigenvalue weighted by atomic mass is 16.3. The van der Waals surface area contributed by atoms with E-state index in [0.29, 0.717) is 18.2 Å². The van der Waals surface area contributed by atoms with Gasteiger partial charge in [0.05, 0.1) is 6.10 Å². The first kappa shape index (κ1) is 11.2. The maximum absolute atomic E-state index is 11.6. The number of hydrogen-bond donors (Lipinski definition) is 2. The molecule has 1 unspecified atom stereocenters. The van der Waals surface area contributed by atoms with Gasteiger partial charge in [0.15, 0.2) is 5.76 Å². The highest BCUT2D eigenvalue weighted by molar-refractivity contribution is 5.91. The SMILES string of the molecule is CCc1ccc(C(=O)NCC(O)C2CC2)o1. The summed E-state index contributed by atoms with van der Waals surface area (Å²) in [4.78, 5) is 11.6. The molecule has 1 heterocycles. The molecule has 0 aliphatic heterocycles. The summed E-state index contributed by atoms with van der Waals surface area (Å²) in [6.45, 7) is 2.28. The molecule has 16 heavy (non-hydrogen) atoms. The van der Waals surface area contributed by atoms with Crippen LogP contribution in [-0.4, -0.2) is 23.7 Å². The first-order valence-corrected chi connectivity index (χ1v) is 5.75. The maximum Gasteiger partial charge on any atom is 0.287 e. The molecule has 1 aromatic rings. The van der Waals surface area contributed by atoms with Crippen LogP contribution in [0.2, 0.25) is 0 Å². The number of carbonyl (C=O) groups is 1. The van der Waals surface area contributed by atoms with E-state index >= 15 is 0 Å². The standard InChI is InChI=1S/C12H17NO3/c1-2-9-5-6-11(16-9)12(15)13-7-10(14)8-3-4-8/h5-6,8,10,14H,2-4,7H2,1H3,(H,13,15). The molecule has 0 bridgehead atoms. The Bertz CT molecular complexity index is 368. The molecular weight excluding hydrogens is 206 g/mol. The van der Waals surface area contributed by atoms with Crippen LogP contribution in [0, 0.1) is 5.92 Å². The normalized spacial score (nSPS) is 17.1. The zero-order valence-electron chi connectivity index (χ0n) is 9.40. The minimum Gasteiger partial charge on any atom is -0.456 e. The van der Waals surface area contributed by atoms with Gasteiger partial charge in [0.1, 0.15) is 5.76 Å². The van der Waals surface area contributed by atoms with Crippen LogP contribution in [0.3, 0.4) is 0 Å². The molecule has 1 aromatic heterocycles. The number of aryl methyl sites for hydroxylation is 1. The van der Waals surface area contributed by atoms with Gasteiger partial charge in [-0.3, -0.25) is 4.79 Å². The monoisotopic (exact) mass is 223 g/mol. The molecule has 2 rings (SSSR count). The summed E-state index contributed by atoms with van der Waals surface area (Å²) < 4.78 is 5.31. The van der Waals surface area contributed by atoms with Gasteiger partial charge in [0, 0.05) is 13.0 Å². The highest BCUT2D eigenvalue weighted by Gasteiger charge is 2.29. The van der Waals surface area contributed by atoms with Crippen molar-refractivity contribution < 1.29 is 14.3 Å². The summed E-state index contributed by atoms with van der Waals surface area (Å²) in [6.07, 6.45) is 2.50. The molecule has 1 atom stereocenters. The predicted octanol–water partition coefficient (Wildman–Crippen LogP) is 1.34. The molecule has 88 valence electrons. The van der Waals surface area contributed by atoms with Crippen LogP contribution in [0.4, 0.5) is 0 Å². The van der Waals surface area contributed by atoms with E-state index in [0.717, 1.165) is 25.0 Å². The van der Waals surface area contributed by atoms with Crippen LogP contribution in [0.25, 0.3) is 0 Å². The lowest BCUT2D eigenvalue weighted by molar-refractivity contribution is 0.0873. The predicted molar refractivity (Wildman–Crippen MR) is 59.2 cm³/mol. The number of amides is 1. The Morgan fingerprint density at radius 1 is 1.62 bits per heavy atom. The third-order valence-corrected chi connectivity index (χ3v) is 2.87. The van der Waals surface area contributed by atoms with Crippen molar-refractivity contribution in [3.63, 3.8) is 0 Å². The number of carbonyl (C=O) groups excluding carboxylic acids is 1. The lowest BCUT2D eigenvalue weighted by Crippen LogP contribution is -2.32. The van der Waals surface area contributed by atoms with Gasteiger partial charge >= 0.3 is 0 Å². The number of hydrogen-bond acceptors (Lipinski definition) is 3. The van der Waals surface area contributed by atoms with Crippen LogP contribution in [0.1, 0.15) is 36.1 Å². The molecule has 2 N–H and O–H groups in total. The van der Waals surface area contributed by atoms with Crippen molar-refractivity contribution in [3.8, 4) is 0 Å². The molecular formula is C12H17NO3. The Kier molecular flexibility index (Phi) is 3.29. The molecule has 0 aromatic carbocycles. The summed E-state index contributed by atoms with van der Waals surface area (Å²) in [5, 5.41) is 12.3. The maximum atomic E-state index is 11.6. The van der Waals surface area contributed by atoms with Crippen molar-refractivity contribution in [3.05, 3.63) is 23.7 Å². The van der Waals surface area contributed by atoms with Crippen molar-refractivity contribution in [2.24, 2.45) is 5.92 Å². The van der Waals surface area contributed by atoms with E-state index in [9.17, 15) is 9.90 Å². The summed E-state index contributed by atoms with van der Waals surface area (Å²) in [6, 6.07) is 3.46. The minimum atomic E-state index is -0.412. The van der Waals surface area contributed by atoms with Crippen molar-refractivity contribution >= 4 is 5.91 Å². The van der Waals surface area contributed by atoms with Crippen LogP contribution in [0.5, 0.6) is 0 Å². The molecule has 0 radical (unpaired) electrons. The van der Waals surface area contributed by atoms with Crippen molar-refractivity contribution in [1.82, 2.24) is 5.32 Å². The largest absolute Gasteiger partial charge is 0.456 e. The summed E-state index contributed by atoms with van der Waals surface area (Å²) >= 11 is 0. The second kappa shape index (κ2) is 4.70. The fourth-order valence-corrected chi connectivity index (χ4v) is 1.62. The van der Waals surface area contributed by atoms with Gasteiger partial charge in [-0.15, -0.1) is 0 Å². The van der Waals surface area contributed by atoms with E-state index in [-0.39, 0.29) is 5.91 Å². The average molecular weight is 223 g/mol. The Labute approximate surface area is 94.6 Å². The van der Waals surface area contributed by atoms with E-state index in [1.54, 1.807) is 12.1 Å². The van der Waals surface area contributed by atoms with Crippen molar-refractivity contribution in [1.29, 1.82) is 0 Å². The number of rotatable bonds is 5. The Hall–Kier alpha value is -1.29. The molecule has 1 aliphatic rings. The van der Waals surface area contributed by atoms with E-state index in [1.165, 1.54) is 0 Å². The van der Waals surface area contributed by atoms with Gasteiger partial charge in [0.25, 0.3) is 5.91 Å². The van der Waals surface area contributed by atoms with Gasteiger partial charge in [-0.1, -0.05) is 6.92 Å². The van der Waals surface area contributed by atoms with E-state index in [1.807, 2.05) is 6.92 Å². The van der Waals surface area contributed by atoms with Crippen molar-refractivity contribution in [2.45, 2.75) is 32.3 Å². The van der Waals surface area contributed by atoms with E-state index in [2.05, 4.69) is 5.32 Å². The fraction of sp³-hybridized carbons (Fsp3) is 0.583. The Balaban J connectivity index is 1.82. The van der Waals surface area contributed by atoms with Gasteiger partial charge in [-0.25, -0.2) is 0 Å². The molecule has 0 saturated heterocycles. The number of furan rings is 1.